The van der Waals surface area contributed by atoms with E-state index < -0.39 is 5.79 Å². The molecule has 2 N–H and O–H groups in total. The number of ether oxygens (including phenoxy) is 2. The van der Waals surface area contributed by atoms with Crippen LogP contribution in [0.4, 0.5) is 0 Å². The SMILES string of the molecule is CC1CCC2(CC1)OC[C@H](CNC(=O)CNC(=O)c1cccs1)O2. The molecule has 1 aromatic rings. The fraction of sp³-hybridized carbons (Fsp3) is 0.647. The zero-order valence-electron chi connectivity index (χ0n) is 13.9. The lowest BCUT2D eigenvalue weighted by Crippen LogP contribution is -2.41. The number of carbonyl (C=O) groups excluding carboxylic acids is 2. The molecular formula is C17H24N2O4S. The summed E-state index contributed by atoms with van der Waals surface area (Å²) in [4.78, 5) is 24.2. The van der Waals surface area contributed by atoms with Crippen LogP contribution in [0.3, 0.4) is 0 Å². The van der Waals surface area contributed by atoms with Gasteiger partial charge in [-0.3, -0.25) is 9.59 Å². The van der Waals surface area contributed by atoms with E-state index in [2.05, 4.69) is 17.6 Å². The van der Waals surface area contributed by atoms with Gasteiger partial charge in [-0.15, -0.1) is 11.3 Å². The van der Waals surface area contributed by atoms with Gasteiger partial charge in [-0.2, -0.15) is 0 Å². The van der Waals surface area contributed by atoms with E-state index in [0.717, 1.165) is 31.6 Å². The number of hydrogen-bond donors (Lipinski definition) is 2. The monoisotopic (exact) mass is 352 g/mol. The van der Waals surface area contributed by atoms with Crippen LogP contribution in [0.1, 0.15) is 42.3 Å². The Labute approximate surface area is 145 Å². The second kappa shape index (κ2) is 7.63. The minimum atomic E-state index is -0.435. The Kier molecular flexibility index (Phi) is 5.53. The molecule has 0 radical (unpaired) electrons. The second-order valence-corrected chi connectivity index (χ2v) is 7.56. The van der Waals surface area contributed by atoms with Crippen molar-refractivity contribution in [2.75, 3.05) is 19.7 Å². The predicted molar refractivity (Wildman–Crippen MR) is 90.8 cm³/mol. The van der Waals surface area contributed by atoms with Gasteiger partial charge < -0.3 is 20.1 Å². The molecule has 2 fully saturated rings. The molecule has 0 unspecified atom stereocenters. The van der Waals surface area contributed by atoms with E-state index in [4.69, 9.17) is 9.47 Å². The smallest absolute Gasteiger partial charge is 0.261 e. The third kappa shape index (κ3) is 4.34. The molecule has 2 heterocycles. The van der Waals surface area contributed by atoms with Gasteiger partial charge in [0.05, 0.1) is 18.0 Å². The summed E-state index contributed by atoms with van der Waals surface area (Å²) in [5, 5.41) is 7.24. The average Bonchev–Trinajstić information content (AvgIpc) is 3.24. The molecule has 1 saturated heterocycles. The van der Waals surface area contributed by atoms with Crippen molar-refractivity contribution in [2.45, 2.75) is 44.5 Å². The summed E-state index contributed by atoms with van der Waals surface area (Å²) < 4.78 is 11.9. The van der Waals surface area contributed by atoms with Crippen LogP contribution < -0.4 is 10.6 Å². The van der Waals surface area contributed by atoms with Crippen molar-refractivity contribution in [3.63, 3.8) is 0 Å². The van der Waals surface area contributed by atoms with Crippen LogP contribution in [0.5, 0.6) is 0 Å². The van der Waals surface area contributed by atoms with Gasteiger partial charge in [0.2, 0.25) is 5.91 Å². The summed E-state index contributed by atoms with van der Waals surface area (Å²) >= 11 is 1.35. The van der Waals surface area contributed by atoms with Gasteiger partial charge in [-0.25, -0.2) is 0 Å². The average molecular weight is 352 g/mol. The van der Waals surface area contributed by atoms with Crippen molar-refractivity contribution in [1.82, 2.24) is 10.6 Å². The van der Waals surface area contributed by atoms with Gasteiger partial charge in [-0.1, -0.05) is 13.0 Å². The van der Waals surface area contributed by atoms with Crippen molar-refractivity contribution in [1.29, 1.82) is 0 Å². The highest BCUT2D eigenvalue weighted by molar-refractivity contribution is 7.12. The van der Waals surface area contributed by atoms with Crippen molar-refractivity contribution in [3.8, 4) is 0 Å². The Bertz CT molecular complexity index is 567. The zero-order chi connectivity index (χ0) is 17.0. The molecule has 1 atom stereocenters. The van der Waals surface area contributed by atoms with Gasteiger partial charge in [0.15, 0.2) is 5.79 Å². The zero-order valence-corrected chi connectivity index (χ0v) is 14.7. The molecule has 7 heteroatoms. The van der Waals surface area contributed by atoms with Crippen LogP contribution in [0.15, 0.2) is 17.5 Å². The minimum absolute atomic E-state index is 0.0348. The Hall–Kier alpha value is -1.44. The molecule has 0 aromatic carbocycles. The highest BCUT2D eigenvalue weighted by Crippen LogP contribution is 2.39. The number of hydrogen-bond acceptors (Lipinski definition) is 5. The highest BCUT2D eigenvalue weighted by atomic mass is 32.1. The fourth-order valence-corrected chi connectivity index (χ4v) is 3.77. The quantitative estimate of drug-likeness (QED) is 0.849. The highest BCUT2D eigenvalue weighted by Gasteiger charge is 2.43. The number of nitrogens with one attached hydrogen (secondary N) is 2. The summed E-state index contributed by atoms with van der Waals surface area (Å²) in [6.45, 7) is 3.14. The molecule has 1 aliphatic heterocycles. The third-order valence-corrected chi connectivity index (χ3v) is 5.50. The maximum Gasteiger partial charge on any atom is 0.261 e. The first kappa shape index (κ1) is 17.4. The van der Waals surface area contributed by atoms with Crippen molar-refractivity contribution in [3.05, 3.63) is 22.4 Å². The number of rotatable bonds is 5. The summed E-state index contributed by atoms with van der Waals surface area (Å²) in [5.41, 5.74) is 0. The Morgan fingerprint density at radius 3 is 2.83 bits per heavy atom. The molecule has 1 spiro atoms. The normalized spacial score (nSPS) is 29.5. The standard InChI is InChI=1S/C17H24N2O4S/c1-12-4-6-17(7-5-12)22-11-13(23-17)9-18-15(20)10-19-16(21)14-3-2-8-24-14/h2-3,8,12-13H,4-7,9-11H2,1H3,(H,18,20)(H,19,21)/t12?,13-,17?/m0/s1. The van der Waals surface area contributed by atoms with Crippen LogP contribution in [0, 0.1) is 5.92 Å². The summed E-state index contributed by atoms with van der Waals surface area (Å²) in [6, 6.07) is 3.53. The molecule has 132 valence electrons. The van der Waals surface area contributed by atoms with Gasteiger partial charge in [-0.05, 0) is 30.2 Å². The first-order chi connectivity index (χ1) is 11.6. The van der Waals surface area contributed by atoms with E-state index in [1.165, 1.54) is 11.3 Å². The van der Waals surface area contributed by atoms with Gasteiger partial charge in [0.25, 0.3) is 5.91 Å². The maximum absolute atomic E-state index is 11.9. The van der Waals surface area contributed by atoms with Crippen LogP contribution in [-0.4, -0.2) is 43.4 Å². The van der Waals surface area contributed by atoms with E-state index >= 15 is 0 Å². The first-order valence-electron chi connectivity index (χ1n) is 8.46. The molecule has 0 bridgehead atoms. The van der Waals surface area contributed by atoms with Gasteiger partial charge in [0, 0.05) is 19.4 Å². The number of amides is 2. The van der Waals surface area contributed by atoms with Crippen molar-refractivity contribution in [2.24, 2.45) is 5.92 Å². The lowest BCUT2D eigenvalue weighted by Gasteiger charge is -2.34. The molecule has 2 aliphatic rings. The summed E-state index contributed by atoms with van der Waals surface area (Å²) in [6.07, 6.45) is 3.97. The fourth-order valence-electron chi connectivity index (χ4n) is 3.13. The third-order valence-electron chi connectivity index (χ3n) is 4.63. The predicted octanol–water partition coefficient (Wildman–Crippen LogP) is 1.92. The van der Waals surface area contributed by atoms with E-state index in [0.29, 0.717) is 18.0 Å². The van der Waals surface area contributed by atoms with Crippen LogP contribution in [0.25, 0.3) is 0 Å². The topological polar surface area (TPSA) is 76.7 Å². The molecule has 3 rings (SSSR count). The Morgan fingerprint density at radius 2 is 2.12 bits per heavy atom. The number of carbonyl (C=O) groups is 2. The number of thiophene rings is 1. The molecule has 2 amide bonds. The molecule has 24 heavy (non-hydrogen) atoms. The van der Waals surface area contributed by atoms with E-state index in [9.17, 15) is 9.59 Å². The maximum atomic E-state index is 11.9. The largest absolute Gasteiger partial charge is 0.352 e. The van der Waals surface area contributed by atoms with Crippen molar-refractivity contribution < 1.29 is 19.1 Å². The van der Waals surface area contributed by atoms with E-state index in [1.54, 1.807) is 12.1 Å². The Balaban J connectivity index is 1.36. The Morgan fingerprint density at radius 1 is 1.33 bits per heavy atom. The molecule has 1 aromatic heterocycles. The molecule has 1 aliphatic carbocycles. The van der Waals surface area contributed by atoms with Crippen LogP contribution >= 0.6 is 11.3 Å². The van der Waals surface area contributed by atoms with Gasteiger partial charge >= 0.3 is 0 Å². The van der Waals surface area contributed by atoms with Crippen molar-refractivity contribution >= 4 is 23.2 Å². The lowest BCUT2D eigenvalue weighted by molar-refractivity contribution is -0.191. The van der Waals surface area contributed by atoms with E-state index in [-0.39, 0.29) is 24.5 Å². The van der Waals surface area contributed by atoms with Crippen LogP contribution in [0.2, 0.25) is 0 Å². The lowest BCUT2D eigenvalue weighted by atomic mass is 9.86. The van der Waals surface area contributed by atoms with E-state index in [1.807, 2.05) is 5.38 Å². The first-order valence-corrected chi connectivity index (χ1v) is 9.34. The second-order valence-electron chi connectivity index (χ2n) is 6.61. The minimum Gasteiger partial charge on any atom is -0.352 e. The summed E-state index contributed by atoms with van der Waals surface area (Å²) in [5.74, 6) is -0.152. The molecule has 1 saturated carbocycles. The molecule has 6 nitrogen and oxygen atoms in total. The van der Waals surface area contributed by atoms with Gasteiger partial charge in [0.1, 0.15) is 6.10 Å². The molecular weight excluding hydrogens is 328 g/mol. The van der Waals surface area contributed by atoms with Crippen LogP contribution in [-0.2, 0) is 14.3 Å². The summed E-state index contributed by atoms with van der Waals surface area (Å²) in [7, 11) is 0.